The first kappa shape index (κ1) is 16.4. The first-order chi connectivity index (χ1) is 12.7. The van der Waals surface area contributed by atoms with E-state index >= 15 is 0 Å². The van der Waals surface area contributed by atoms with E-state index in [2.05, 4.69) is 35.4 Å². The Morgan fingerprint density at radius 2 is 2.12 bits per heavy atom. The number of hydrogen-bond acceptors (Lipinski definition) is 7. The highest BCUT2D eigenvalue weighted by Crippen LogP contribution is 2.34. The SMILES string of the molecule is OCc1cc(Nc2ncnc(N3CCCC3c3ccc(F)cc3)n2)n[nH]1. The number of hydrogen-bond donors (Lipinski definition) is 3. The smallest absolute Gasteiger partial charge is 0.233 e. The fraction of sp³-hybridized carbons (Fsp3) is 0.294. The van der Waals surface area contributed by atoms with E-state index in [0.29, 0.717) is 23.4 Å². The average molecular weight is 355 g/mol. The summed E-state index contributed by atoms with van der Waals surface area (Å²) in [6.07, 6.45) is 3.42. The number of nitrogens with one attached hydrogen (secondary N) is 2. The number of rotatable bonds is 5. The molecule has 0 amide bonds. The zero-order valence-corrected chi connectivity index (χ0v) is 13.9. The fourth-order valence-corrected chi connectivity index (χ4v) is 3.15. The summed E-state index contributed by atoms with van der Waals surface area (Å²) < 4.78 is 13.2. The third-order valence-corrected chi connectivity index (χ3v) is 4.36. The maximum Gasteiger partial charge on any atom is 0.233 e. The highest BCUT2D eigenvalue weighted by atomic mass is 19.1. The second kappa shape index (κ2) is 7.04. The van der Waals surface area contributed by atoms with Gasteiger partial charge in [-0.3, -0.25) is 5.10 Å². The molecular formula is C17H18FN7O. The lowest BCUT2D eigenvalue weighted by molar-refractivity contribution is 0.276. The van der Waals surface area contributed by atoms with Crippen LogP contribution in [0.1, 0.15) is 30.1 Å². The topological polar surface area (TPSA) is 103 Å². The quantitative estimate of drug-likeness (QED) is 0.645. The molecule has 3 aromatic rings. The number of benzene rings is 1. The van der Waals surface area contributed by atoms with Crippen LogP contribution in [-0.2, 0) is 6.61 Å². The summed E-state index contributed by atoms with van der Waals surface area (Å²) in [5.41, 5.74) is 1.64. The summed E-state index contributed by atoms with van der Waals surface area (Å²) in [7, 11) is 0. The van der Waals surface area contributed by atoms with Gasteiger partial charge in [-0.1, -0.05) is 12.1 Å². The lowest BCUT2D eigenvalue weighted by atomic mass is 10.0. The van der Waals surface area contributed by atoms with Crippen molar-refractivity contribution in [2.45, 2.75) is 25.5 Å². The van der Waals surface area contributed by atoms with Gasteiger partial charge in [-0.15, -0.1) is 0 Å². The van der Waals surface area contributed by atoms with E-state index in [1.54, 1.807) is 18.2 Å². The molecule has 3 N–H and O–H groups in total. The maximum atomic E-state index is 13.2. The number of aliphatic hydroxyl groups excluding tert-OH is 1. The number of H-pyrrole nitrogens is 1. The Bertz CT molecular complexity index is 883. The van der Waals surface area contributed by atoms with Gasteiger partial charge in [-0.05, 0) is 30.5 Å². The minimum Gasteiger partial charge on any atom is -0.390 e. The molecule has 1 aliphatic rings. The Morgan fingerprint density at radius 1 is 1.27 bits per heavy atom. The second-order valence-electron chi connectivity index (χ2n) is 6.07. The van der Waals surface area contributed by atoms with E-state index in [1.807, 2.05) is 0 Å². The molecule has 0 spiro atoms. The number of aromatic nitrogens is 5. The van der Waals surface area contributed by atoms with Gasteiger partial charge in [0.05, 0.1) is 18.3 Å². The van der Waals surface area contributed by atoms with Crippen LogP contribution in [0, 0.1) is 5.82 Å². The molecule has 1 fully saturated rings. The molecule has 1 unspecified atom stereocenters. The summed E-state index contributed by atoms with van der Waals surface area (Å²) in [4.78, 5) is 15.0. The standard InChI is InChI=1S/C17H18FN7O/c18-12-5-3-11(4-6-12)14-2-1-7-25(14)17-20-10-19-16(22-17)21-15-8-13(9-26)23-24-15/h3-6,8,10,14,26H,1-2,7,9H2,(H2,19,20,21,22,23,24). The van der Waals surface area contributed by atoms with Gasteiger partial charge in [0, 0.05) is 12.6 Å². The molecule has 134 valence electrons. The van der Waals surface area contributed by atoms with Crippen LogP contribution in [0.3, 0.4) is 0 Å². The Labute approximate surface area is 149 Å². The van der Waals surface area contributed by atoms with E-state index in [4.69, 9.17) is 5.11 Å². The Morgan fingerprint density at radius 3 is 2.88 bits per heavy atom. The molecule has 0 saturated carbocycles. The number of nitrogens with zero attached hydrogens (tertiary/aromatic N) is 5. The second-order valence-corrected chi connectivity index (χ2v) is 6.07. The van der Waals surface area contributed by atoms with Gasteiger partial charge < -0.3 is 15.3 Å². The normalized spacial score (nSPS) is 16.8. The molecule has 0 bridgehead atoms. The van der Waals surface area contributed by atoms with Crippen LogP contribution in [0.15, 0.2) is 36.7 Å². The van der Waals surface area contributed by atoms with Crippen molar-refractivity contribution in [1.29, 1.82) is 0 Å². The number of aliphatic hydroxyl groups is 1. The number of halogens is 1. The van der Waals surface area contributed by atoms with Crippen molar-refractivity contribution < 1.29 is 9.50 Å². The van der Waals surface area contributed by atoms with Crippen LogP contribution in [0.4, 0.5) is 22.1 Å². The van der Waals surface area contributed by atoms with Crippen LogP contribution in [0.2, 0.25) is 0 Å². The lowest BCUT2D eigenvalue weighted by Crippen LogP contribution is -2.25. The van der Waals surface area contributed by atoms with Crippen LogP contribution in [-0.4, -0.2) is 36.8 Å². The van der Waals surface area contributed by atoms with Crippen molar-refractivity contribution in [2.75, 3.05) is 16.8 Å². The lowest BCUT2D eigenvalue weighted by Gasteiger charge is -2.25. The van der Waals surface area contributed by atoms with E-state index in [0.717, 1.165) is 24.9 Å². The van der Waals surface area contributed by atoms with Crippen molar-refractivity contribution >= 4 is 17.7 Å². The number of anilines is 3. The predicted octanol–water partition coefficient (Wildman–Crippen LogP) is 2.31. The van der Waals surface area contributed by atoms with E-state index in [9.17, 15) is 4.39 Å². The van der Waals surface area contributed by atoms with Crippen LogP contribution in [0.5, 0.6) is 0 Å². The molecule has 0 aliphatic carbocycles. The minimum absolute atomic E-state index is 0.109. The van der Waals surface area contributed by atoms with Gasteiger partial charge in [-0.2, -0.15) is 10.1 Å². The molecule has 4 rings (SSSR count). The fourth-order valence-electron chi connectivity index (χ4n) is 3.15. The van der Waals surface area contributed by atoms with Gasteiger partial charge in [0.1, 0.15) is 12.1 Å². The Kier molecular flexibility index (Phi) is 4.44. The molecule has 1 aliphatic heterocycles. The van der Waals surface area contributed by atoms with E-state index in [1.165, 1.54) is 18.5 Å². The molecule has 26 heavy (non-hydrogen) atoms. The van der Waals surface area contributed by atoms with E-state index in [-0.39, 0.29) is 18.5 Å². The third-order valence-electron chi connectivity index (χ3n) is 4.36. The van der Waals surface area contributed by atoms with Crippen molar-refractivity contribution in [2.24, 2.45) is 0 Å². The summed E-state index contributed by atoms with van der Waals surface area (Å²) in [5, 5.41) is 18.8. The molecule has 1 saturated heterocycles. The molecule has 9 heteroatoms. The van der Waals surface area contributed by atoms with Crippen LogP contribution >= 0.6 is 0 Å². The van der Waals surface area contributed by atoms with Gasteiger partial charge in [0.15, 0.2) is 5.82 Å². The predicted molar refractivity (Wildman–Crippen MR) is 93.3 cm³/mol. The molecule has 2 aromatic heterocycles. The van der Waals surface area contributed by atoms with Gasteiger partial charge >= 0.3 is 0 Å². The molecular weight excluding hydrogens is 337 g/mol. The maximum absolute atomic E-state index is 13.2. The zero-order valence-electron chi connectivity index (χ0n) is 13.9. The van der Waals surface area contributed by atoms with Crippen molar-refractivity contribution in [3.63, 3.8) is 0 Å². The van der Waals surface area contributed by atoms with E-state index < -0.39 is 0 Å². The summed E-state index contributed by atoms with van der Waals surface area (Å²) in [5.74, 6) is 1.21. The first-order valence-corrected chi connectivity index (χ1v) is 8.36. The van der Waals surface area contributed by atoms with Crippen molar-refractivity contribution in [1.82, 2.24) is 25.1 Å². The first-order valence-electron chi connectivity index (χ1n) is 8.36. The monoisotopic (exact) mass is 355 g/mol. The summed E-state index contributed by atoms with van der Waals surface area (Å²) >= 11 is 0. The minimum atomic E-state index is -0.244. The van der Waals surface area contributed by atoms with Crippen molar-refractivity contribution in [3.05, 3.63) is 53.7 Å². The highest BCUT2D eigenvalue weighted by molar-refractivity contribution is 5.50. The van der Waals surface area contributed by atoms with Crippen LogP contribution < -0.4 is 10.2 Å². The van der Waals surface area contributed by atoms with Crippen molar-refractivity contribution in [3.8, 4) is 0 Å². The van der Waals surface area contributed by atoms with Gasteiger partial charge in [-0.25, -0.2) is 14.4 Å². The largest absolute Gasteiger partial charge is 0.390 e. The Hall–Kier alpha value is -3.07. The zero-order chi connectivity index (χ0) is 17.9. The third kappa shape index (κ3) is 3.33. The summed E-state index contributed by atoms with van der Waals surface area (Å²) in [6, 6.07) is 8.35. The highest BCUT2D eigenvalue weighted by Gasteiger charge is 2.28. The molecule has 3 heterocycles. The summed E-state index contributed by atoms with van der Waals surface area (Å²) in [6.45, 7) is 0.701. The molecule has 8 nitrogen and oxygen atoms in total. The van der Waals surface area contributed by atoms with Gasteiger partial charge in [0.2, 0.25) is 11.9 Å². The van der Waals surface area contributed by atoms with Gasteiger partial charge in [0.25, 0.3) is 0 Å². The van der Waals surface area contributed by atoms with Crippen LogP contribution in [0.25, 0.3) is 0 Å². The molecule has 0 radical (unpaired) electrons. The molecule has 1 atom stereocenters. The average Bonchev–Trinajstić information content (AvgIpc) is 3.32. The molecule has 1 aromatic carbocycles. The Balaban J connectivity index is 1.55. The number of aromatic amines is 1.